The number of alkyl halides is 2. The summed E-state index contributed by atoms with van der Waals surface area (Å²) in [5.41, 5.74) is 0.563. The van der Waals surface area contributed by atoms with Crippen molar-refractivity contribution < 1.29 is 22.3 Å². The number of hydrogen-bond donors (Lipinski definition) is 0. The molecule has 0 radical (unpaired) electrons. The molecular formula is C28H40F4O. The highest BCUT2D eigenvalue weighted by molar-refractivity contribution is 5.33. The lowest BCUT2D eigenvalue weighted by Gasteiger charge is -2.32. The Hall–Kier alpha value is -1.52. The zero-order valence-corrected chi connectivity index (χ0v) is 20.0. The molecule has 2 saturated carbocycles. The summed E-state index contributed by atoms with van der Waals surface area (Å²) < 4.78 is 56.8. The van der Waals surface area contributed by atoms with Gasteiger partial charge >= 0.3 is 6.61 Å². The maximum Gasteiger partial charge on any atom is 0.387 e. The Balaban J connectivity index is 1.35. The summed E-state index contributed by atoms with van der Waals surface area (Å²) in [6.45, 7) is -1.02. The molecule has 2 aliphatic rings. The second-order valence-electron chi connectivity index (χ2n) is 10.2. The molecule has 0 spiro atoms. The predicted molar refractivity (Wildman–Crippen MR) is 126 cm³/mol. The van der Waals surface area contributed by atoms with E-state index in [4.69, 9.17) is 0 Å². The van der Waals surface area contributed by atoms with E-state index in [2.05, 4.69) is 23.8 Å². The van der Waals surface area contributed by atoms with Crippen molar-refractivity contribution in [1.29, 1.82) is 0 Å². The van der Waals surface area contributed by atoms with Crippen LogP contribution >= 0.6 is 0 Å². The summed E-state index contributed by atoms with van der Waals surface area (Å²) >= 11 is 0. The van der Waals surface area contributed by atoms with Gasteiger partial charge in [-0.05, 0) is 86.3 Å². The normalized spacial score (nSPS) is 26.2. The van der Waals surface area contributed by atoms with Crippen LogP contribution in [0.25, 0.3) is 0 Å². The topological polar surface area (TPSA) is 9.23 Å². The highest BCUT2D eigenvalue weighted by Crippen LogP contribution is 2.41. The van der Waals surface area contributed by atoms with Crippen molar-refractivity contribution in [3.63, 3.8) is 0 Å². The summed E-state index contributed by atoms with van der Waals surface area (Å²) in [6.07, 6.45) is 21.7. The van der Waals surface area contributed by atoms with Crippen molar-refractivity contribution in [2.24, 2.45) is 17.8 Å². The van der Waals surface area contributed by atoms with E-state index in [-0.39, 0.29) is 5.92 Å². The Morgan fingerprint density at radius 3 is 1.79 bits per heavy atom. The summed E-state index contributed by atoms with van der Waals surface area (Å²) in [6, 6.07) is 2.34. The highest BCUT2D eigenvalue weighted by Gasteiger charge is 2.27. The number of halogens is 4. The minimum absolute atomic E-state index is 0.0904. The number of ether oxygens (including phenoxy) is 1. The van der Waals surface area contributed by atoms with Crippen LogP contribution < -0.4 is 4.74 Å². The average Bonchev–Trinajstić information content (AvgIpc) is 2.81. The van der Waals surface area contributed by atoms with E-state index < -0.39 is 24.0 Å². The van der Waals surface area contributed by atoms with Crippen LogP contribution in [0, 0.1) is 29.4 Å². The quantitative estimate of drug-likeness (QED) is 0.232. The molecule has 0 atom stereocenters. The monoisotopic (exact) mass is 468 g/mol. The Labute approximate surface area is 197 Å². The molecule has 0 unspecified atom stereocenters. The van der Waals surface area contributed by atoms with E-state index in [0.717, 1.165) is 37.5 Å². The number of hydrogen-bond acceptors (Lipinski definition) is 1. The second-order valence-corrected chi connectivity index (χ2v) is 10.2. The zero-order valence-electron chi connectivity index (χ0n) is 20.0. The Morgan fingerprint density at radius 2 is 1.27 bits per heavy atom. The first-order valence-corrected chi connectivity index (χ1v) is 13.0. The lowest BCUT2D eigenvalue weighted by Crippen LogP contribution is -2.18. The van der Waals surface area contributed by atoms with Gasteiger partial charge in [0.2, 0.25) is 0 Å². The molecule has 0 aliphatic heterocycles. The SMILES string of the molecule is CCC/C=C/CC[C@H]1CC[C@H](CC[C@H]2CC[C@H](c3cc(F)c(OC(F)F)c(F)c3)CC2)CC1. The van der Waals surface area contributed by atoms with E-state index in [0.29, 0.717) is 11.5 Å². The molecule has 0 heterocycles. The van der Waals surface area contributed by atoms with Crippen molar-refractivity contribution in [1.82, 2.24) is 0 Å². The molecule has 186 valence electrons. The molecule has 2 fully saturated rings. The fourth-order valence-corrected chi connectivity index (χ4v) is 5.82. The lowest BCUT2D eigenvalue weighted by atomic mass is 9.74. The molecule has 3 rings (SSSR count). The number of allylic oxidation sites excluding steroid dienone is 2. The Kier molecular flexibility index (Phi) is 10.6. The Morgan fingerprint density at radius 1 is 0.788 bits per heavy atom. The van der Waals surface area contributed by atoms with Crippen molar-refractivity contribution in [3.05, 3.63) is 41.5 Å². The fourth-order valence-electron chi connectivity index (χ4n) is 5.82. The second kappa shape index (κ2) is 13.4. The van der Waals surface area contributed by atoms with Crippen LogP contribution in [0.4, 0.5) is 17.6 Å². The van der Waals surface area contributed by atoms with Gasteiger partial charge in [0.05, 0.1) is 0 Å². The van der Waals surface area contributed by atoms with Crippen molar-refractivity contribution >= 4 is 0 Å². The van der Waals surface area contributed by atoms with Gasteiger partial charge in [0, 0.05) is 0 Å². The molecule has 1 nitrogen and oxygen atoms in total. The van der Waals surface area contributed by atoms with E-state index in [1.807, 2.05) is 0 Å². The molecule has 33 heavy (non-hydrogen) atoms. The molecule has 0 aromatic heterocycles. The molecule has 5 heteroatoms. The molecule has 0 amide bonds. The third-order valence-corrected chi connectivity index (χ3v) is 7.86. The van der Waals surface area contributed by atoms with Crippen LogP contribution in [0.2, 0.25) is 0 Å². The Bertz CT molecular complexity index is 708. The molecule has 2 aliphatic carbocycles. The van der Waals surface area contributed by atoms with Gasteiger partial charge in [0.15, 0.2) is 17.4 Å². The highest BCUT2D eigenvalue weighted by atomic mass is 19.3. The molecule has 0 bridgehead atoms. The molecule has 0 N–H and O–H groups in total. The lowest BCUT2D eigenvalue weighted by molar-refractivity contribution is -0.0546. The molecular weight excluding hydrogens is 428 g/mol. The largest absolute Gasteiger partial charge is 0.429 e. The minimum Gasteiger partial charge on any atom is -0.429 e. The number of rotatable bonds is 11. The zero-order chi connectivity index (χ0) is 23.6. The number of unbranched alkanes of at least 4 members (excludes halogenated alkanes) is 1. The van der Waals surface area contributed by atoms with Crippen molar-refractivity contribution in [2.75, 3.05) is 0 Å². The van der Waals surface area contributed by atoms with E-state index in [1.54, 1.807) is 0 Å². The van der Waals surface area contributed by atoms with Crippen molar-refractivity contribution in [2.45, 2.75) is 109 Å². The average molecular weight is 469 g/mol. The fraction of sp³-hybridized carbons (Fsp3) is 0.714. The van der Waals surface area contributed by atoms with Gasteiger partial charge in [-0.3, -0.25) is 0 Å². The summed E-state index contributed by atoms with van der Waals surface area (Å²) in [7, 11) is 0. The third kappa shape index (κ3) is 8.33. The first-order chi connectivity index (χ1) is 16.0. The van der Waals surface area contributed by atoms with Crippen LogP contribution in [-0.2, 0) is 0 Å². The van der Waals surface area contributed by atoms with Gasteiger partial charge in [-0.25, -0.2) is 8.78 Å². The summed E-state index contributed by atoms with van der Waals surface area (Å²) in [5.74, 6) is -0.516. The summed E-state index contributed by atoms with van der Waals surface area (Å²) in [4.78, 5) is 0. The maximum atomic E-state index is 14.1. The van der Waals surface area contributed by atoms with Crippen LogP contribution in [0.5, 0.6) is 5.75 Å². The van der Waals surface area contributed by atoms with Gasteiger partial charge in [0.25, 0.3) is 0 Å². The number of benzene rings is 1. The van der Waals surface area contributed by atoms with Crippen LogP contribution in [0.1, 0.15) is 108 Å². The van der Waals surface area contributed by atoms with Gasteiger partial charge in [-0.2, -0.15) is 8.78 Å². The molecule has 0 saturated heterocycles. The molecule has 1 aromatic carbocycles. The smallest absolute Gasteiger partial charge is 0.387 e. The van der Waals surface area contributed by atoms with Crippen molar-refractivity contribution in [3.8, 4) is 5.75 Å². The van der Waals surface area contributed by atoms with E-state index in [9.17, 15) is 17.6 Å². The van der Waals surface area contributed by atoms with Crippen LogP contribution in [-0.4, -0.2) is 6.61 Å². The van der Waals surface area contributed by atoms with Gasteiger partial charge in [0.1, 0.15) is 0 Å². The standard InChI is InChI=1S/C28H40F4O/c1-2-3-4-5-6-7-20-8-10-21(11-9-20)12-13-22-14-16-23(17-15-22)24-18-25(29)27(26(30)19-24)33-28(31)32/h4-5,18-23,28H,2-3,6-17H2,1H3/b5-4+/t20-,21-,22-,23-. The van der Waals surface area contributed by atoms with Crippen LogP contribution in [0.15, 0.2) is 24.3 Å². The summed E-state index contributed by atoms with van der Waals surface area (Å²) in [5, 5.41) is 0. The first kappa shape index (κ1) is 26.1. The minimum atomic E-state index is -3.24. The predicted octanol–water partition coefficient (Wildman–Crippen LogP) is 9.56. The van der Waals surface area contributed by atoms with E-state index >= 15 is 0 Å². The van der Waals surface area contributed by atoms with Gasteiger partial charge in [-0.1, -0.05) is 64.0 Å². The van der Waals surface area contributed by atoms with E-state index in [1.165, 1.54) is 76.3 Å². The van der Waals surface area contributed by atoms with Gasteiger partial charge < -0.3 is 4.74 Å². The van der Waals surface area contributed by atoms with Crippen LogP contribution in [0.3, 0.4) is 0 Å². The van der Waals surface area contributed by atoms with Gasteiger partial charge in [-0.15, -0.1) is 0 Å². The first-order valence-electron chi connectivity index (χ1n) is 13.0. The molecule has 1 aromatic rings. The third-order valence-electron chi connectivity index (χ3n) is 7.86. The maximum absolute atomic E-state index is 14.1.